The molecule has 6 nitrogen and oxygen atoms in total. The summed E-state index contributed by atoms with van der Waals surface area (Å²) in [6.07, 6.45) is 4.38. The number of ketones is 1. The molecule has 1 aromatic heterocycles. The molecule has 29 heavy (non-hydrogen) atoms. The Kier molecular flexibility index (Phi) is 4.86. The van der Waals surface area contributed by atoms with Crippen molar-refractivity contribution < 1.29 is 19.1 Å². The van der Waals surface area contributed by atoms with E-state index in [1.54, 1.807) is 18.4 Å². The first-order valence-electron chi connectivity index (χ1n) is 10.5. The minimum atomic E-state index is -0.594. The van der Waals surface area contributed by atoms with E-state index in [-0.39, 0.29) is 5.78 Å². The van der Waals surface area contributed by atoms with Gasteiger partial charge in [-0.15, -0.1) is 0 Å². The van der Waals surface area contributed by atoms with Gasteiger partial charge in [-0.05, 0) is 36.3 Å². The Morgan fingerprint density at radius 3 is 2.76 bits per heavy atom. The zero-order chi connectivity index (χ0) is 20.2. The van der Waals surface area contributed by atoms with Gasteiger partial charge in [-0.25, -0.2) is 0 Å². The van der Waals surface area contributed by atoms with Gasteiger partial charge in [0, 0.05) is 57.5 Å². The maximum absolute atomic E-state index is 12.8. The van der Waals surface area contributed by atoms with Crippen molar-refractivity contribution in [3.63, 3.8) is 0 Å². The fourth-order valence-electron chi connectivity index (χ4n) is 5.39. The molecule has 3 N–H and O–H groups in total. The molecule has 156 valence electrons. The first-order chi connectivity index (χ1) is 14.0. The van der Waals surface area contributed by atoms with Crippen LogP contribution in [-0.2, 0) is 4.74 Å². The van der Waals surface area contributed by atoms with Crippen molar-refractivity contribution in [3.8, 4) is 0 Å². The van der Waals surface area contributed by atoms with Crippen LogP contribution in [-0.4, -0.2) is 54.2 Å². The number of likely N-dealkylation sites (tertiary alicyclic amines) is 1. The van der Waals surface area contributed by atoms with E-state index in [1.807, 2.05) is 0 Å². The lowest BCUT2D eigenvalue weighted by Gasteiger charge is -2.36. The number of rotatable bonds is 6. The summed E-state index contributed by atoms with van der Waals surface area (Å²) in [6.45, 7) is 4.11. The Morgan fingerprint density at radius 1 is 1.31 bits per heavy atom. The zero-order valence-electron chi connectivity index (χ0n) is 16.4. The zero-order valence-corrected chi connectivity index (χ0v) is 17.2. The molecule has 2 aromatic rings. The molecular weight excluding hydrogens is 392 g/mol. The smallest absolute Gasteiger partial charge is 0.166 e. The number of aliphatic hydroxyl groups is 1. The van der Waals surface area contributed by atoms with Crippen molar-refractivity contribution in [3.05, 3.63) is 29.0 Å². The number of carbonyl (C=O) groups is 1. The number of hydrogen-bond acceptors (Lipinski definition) is 6. The number of furan rings is 1. The molecule has 0 amide bonds. The normalized spacial score (nSPS) is 28.6. The molecule has 2 saturated heterocycles. The molecule has 1 aromatic carbocycles. The maximum Gasteiger partial charge on any atom is 0.166 e. The average molecular weight is 419 g/mol. The summed E-state index contributed by atoms with van der Waals surface area (Å²) in [4.78, 5) is 15.2. The van der Waals surface area contributed by atoms with Crippen LogP contribution in [0.5, 0.6) is 0 Å². The fraction of sp³-hybridized carbons (Fsp3) is 0.591. The van der Waals surface area contributed by atoms with Crippen LogP contribution in [0.15, 0.2) is 22.8 Å². The Labute approximate surface area is 174 Å². The van der Waals surface area contributed by atoms with Gasteiger partial charge < -0.3 is 20.0 Å². The molecule has 0 bridgehead atoms. The molecule has 7 heteroatoms. The van der Waals surface area contributed by atoms with Crippen LogP contribution < -0.4 is 5.73 Å². The molecule has 2 aliphatic heterocycles. The minimum absolute atomic E-state index is 0.0604. The number of β-amino-alcohol motifs (C(OH)–C–C–N with tert-alkyl or cyclic N) is 1. The van der Waals surface area contributed by atoms with Crippen LogP contribution in [0, 0.1) is 17.8 Å². The van der Waals surface area contributed by atoms with Gasteiger partial charge in [-0.2, -0.15) is 0 Å². The van der Waals surface area contributed by atoms with Gasteiger partial charge in [0.15, 0.2) is 5.78 Å². The van der Waals surface area contributed by atoms with Crippen LogP contribution in [0.4, 0.5) is 5.69 Å². The van der Waals surface area contributed by atoms with E-state index in [4.69, 9.17) is 26.5 Å². The molecule has 1 aliphatic carbocycles. The third-order valence-corrected chi connectivity index (χ3v) is 7.43. The molecule has 1 saturated carbocycles. The Bertz CT molecular complexity index is 924. The number of benzene rings is 1. The highest BCUT2D eigenvalue weighted by Gasteiger charge is 2.55. The lowest BCUT2D eigenvalue weighted by atomic mass is 9.93. The molecule has 2 unspecified atom stereocenters. The molecule has 0 radical (unpaired) electrons. The SMILES string of the molecule is Nc1c(Cl)cc(C(=O)CCC2C3CN(CC4(O)CCOCC4)CC23)c2occc12. The van der Waals surface area contributed by atoms with E-state index >= 15 is 0 Å². The fourth-order valence-corrected chi connectivity index (χ4v) is 5.60. The number of nitrogen functional groups attached to an aromatic ring is 1. The molecule has 3 aliphatic rings. The summed E-state index contributed by atoms with van der Waals surface area (Å²) < 4.78 is 10.9. The standard InChI is InChI=1S/C22H27ClN2O4/c23-18-9-15(21-14(20(18)24)3-6-29-21)19(26)2-1-13-16-10-25(11-17(13)16)12-22(27)4-7-28-8-5-22/h3,6,9,13,16-17,27H,1-2,4-5,7-8,10-12,24H2. The van der Waals surface area contributed by atoms with Gasteiger partial charge in [0.1, 0.15) is 5.58 Å². The molecular formula is C22H27ClN2O4. The average Bonchev–Trinajstić information content (AvgIpc) is 3.06. The van der Waals surface area contributed by atoms with Gasteiger partial charge in [0.2, 0.25) is 0 Å². The largest absolute Gasteiger partial charge is 0.463 e. The summed E-state index contributed by atoms with van der Waals surface area (Å²) in [5.74, 6) is 1.98. The third-order valence-electron chi connectivity index (χ3n) is 7.12. The van der Waals surface area contributed by atoms with E-state index in [1.165, 1.54) is 0 Å². The second-order valence-corrected chi connectivity index (χ2v) is 9.37. The lowest BCUT2D eigenvalue weighted by Crippen LogP contribution is -2.46. The van der Waals surface area contributed by atoms with Gasteiger partial charge in [0.25, 0.3) is 0 Å². The predicted molar refractivity (Wildman–Crippen MR) is 111 cm³/mol. The summed E-state index contributed by atoms with van der Waals surface area (Å²) in [6, 6.07) is 3.38. The number of fused-ring (bicyclic) bond motifs is 2. The van der Waals surface area contributed by atoms with Crippen molar-refractivity contribution in [2.45, 2.75) is 31.3 Å². The number of hydrogen-bond donors (Lipinski definition) is 2. The third kappa shape index (κ3) is 3.56. The molecule has 0 spiro atoms. The highest BCUT2D eigenvalue weighted by molar-refractivity contribution is 6.35. The number of Topliss-reactive ketones (excluding diaryl/α,β-unsaturated/α-hetero) is 1. The Morgan fingerprint density at radius 2 is 2.03 bits per heavy atom. The number of piperidine rings is 1. The van der Waals surface area contributed by atoms with E-state index in [0.717, 1.165) is 38.9 Å². The van der Waals surface area contributed by atoms with E-state index in [0.29, 0.717) is 64.6 Å². The van der Waals surface area contributed by atoms with Crippen LogP contribution >= 0.6 is 11.6 Å². The summed E-state index contributed by atoms with van der Waals surface area (Å²) in [5, 5.41) is 11.8. The molecule has 5 rings (SSSR count). The second kappa shape index (κ2) is 7.27. The molecule has 3 heterocycles. The van der Waals surface area contributed by atoms with Crippen molar-refractivity contribution in [1.29, 1.82) is 0 Å². The number of halogens is 1. The monoisotopic (exact) mass is 418 g/mol. The van der Waals surface area contributed by atoms with Crippen molar-refractivity contribution in [2.24, 2.45) is 17.8 Å². The van der Waals surface area contributed by atoms with Crippen LogP contribution in [0.2, 0.25) is 5.02 Å². The molecule has 3 fully saturated rings. The van der Waals surface area contributed by atoms with Crippen molar-refractivity contribution in [2.75, 3.05) is 38.6 Å². The summed E-state index contributed by atoms with van der Waals surface area (Å²) in [5.41, 5.74) is 6.90. The topological polar surface area (TPSA) is 88.9 Å². The predicted octanol–water partition coefficient (Wildman–Crippen LogP) is 3.35. The van der Waals surface area contributed by atoms with E-state index in [2.05, 4.69) is 4.90 Å². The van der Waals surface area contributed by atoms with Gasteiger partial charge >= 0.3 is 0 Å². The quantitative estimate of drug-likeness (QED) is 0.552. The van der Waals surface area contributed by atoms with Gasteiger partial charge in [-0.3, -0.25) is 9.69 Å². The van der Waals surface area contributed by atoms with Crippen LogP contribution in [0.1, 0.15) is 36.0 Å². The van der Waals surface area contributed by atoms with Crippen molar-refractivity contribution in [1.82, 2.24) is 4.90 Å². The minimum Gasteiger partial charge on any atom is -0.463 e. The number of ether oxygens (including phenoxy) is 1. The van der Waals surface area contributed by atoms with E-state index in [9.17, 15) is 9.90 Å². The van der Waals surface area contributed by atoms with Crippen LogP contribution in [0.25, 0.3) is 11.0 Å². The number of carbonyl (C=O) groups excluding carboxylic acids is 1. The highest BCUT2D eigenvalue weighted by atomic mass is 35.5. The van der Waals surface area contributed by atoms with Gasteiger partial charge in [-0.1, -0.05) is 11.6 Å². The second-order valence-electron chi connectivity index (χ2n) is 8.97. The van der Waals surface area contributed by atoms with Gasteiger partial charge in [0.05, 0.1) is 28.1 Å². The summed E-state index contributed by atoms with van der Waals surface area (Å²) >= 11 is 6.20. The lowest BCUT2D eigenvalue weighted by molar-refractivity contribution is -0.0788. The number of nitrogens with zero attached hydrogens (tertiary/aromatic N) is 1. The molecule has 2 atom stereocenters. The van der Waals surface area contributed by atoms with Crippen molar-refractivity contribution >= 4 is 34.0 Å². The Hall–Kier alpha value is -1.60. The number of anilines is 1. The van der Waals surface area contributed by atoms with Crippen LogP contribution in [0.3, 0.4) is 0 Å². The van der Waals surface area contributed by atoms with E-state index < -0.39 is 5.60 Å². The Balaban J connectivity index is 1.15. The first kappa shape index (κ1) is 19.4. The first-order valence-corrected chi connectivity index (χ1v) is 10.8. The maximum atomic E-state index is 12.8. The highest BCUT2D eigenvalue weighted by Crippen LogP contribution is 2.54. The number of nitrogens with two attached hydrogens (primary N) is 1. The summed E-state index contributed by atoms with van der Waals surface area (Å²) in [7, 11) is 0.